The van der Waals surface area contributed by atoms with Crippen molar-refractivity contribution in [1.29, 1.82) is 0 Å². The predicted octanol–water partition coefficient (Wildman–Crippen LogP) is 2.67. The normalized spacial score (nSPS) is 16.3. The highest BCUT2D eigenvalue weighted by Crippen LogP contribution is 2.35. The van der Waals surface area contributed by atoms with E-state index >= 15 is 0 Å². The van der Waals surface area contributed by atoms with E-state index in [-0.39, 0.29) is 24.1 Å². The molecule has 0 aliphatic heterocycles. The Hall–Kier alpha value is -2.56. The molecule has 0 fully saturated rings. The highest BCUT2D eigenvalue weighted by molar-refractivity contribution is 5.96. The van der Waals surface area contributed by atoms with Crippen molar-refractivity contribution in [3.05, 3.63) is 59.0 Å². The number of carbonyl (C=O) groups is 2. The third kappa shape index (κ3) is 2.50. The lowest BCUT2D eigenvalue weighted by Crippen LogP contribution is -2.30. The van der Waals surface area contributed by atoms with Crippen LogP contribution >= 0.6 is 0 Å². The molecule has 114 valence electrons. The van der Waals surface area contributed by atoms with Crippen LogP contribution in [-0.2, 0) is 17.6 Å². The average molecular weight is 299 g/mol. The lowest BCUT2D eigenvalue weighted by molar-refractivity contribution is -0.136. The van der Waals surface area contributed by atoms with Crippen molar-refractivity contribution in [1.82, 2.24) is 4.90 Å². The molecule has 2 aromatic rings. The van der Waals surface area contributed by atoms with Crippen LogP contribution in [0.1, 0.15) is 39.7 Å². The third-order valence-corrected chi connectivity index (χ3v) is 4.18. The van der Waals surface area contributed by atoms with Crippen LogP contribution in [0.25, 0.3) is 0 Å². The van der Waals surface area contributed by atoms with Crippen LogP contribution in [0.3, 0.4) is 0 Å². The molecule has 1 unspecified atom stereocenters. The maximum atomic E-state index is 12.7. The van der Waals surface area contributed by atoms with E-state index in [1.807, 2.05) is 18.2 Å². The van der Waals surface area contributed by atoms with Crippen LogP contribution in [0.2, 0.25) is 0 Å². The number of carbonyl (C=O) groups excluding carboxylic acids is 1. The molecule has 1 N–H and O–H groups in total. The number of hydrogen-bond acceptors (Lipinski definition) is 3. The van der Waals surface area contributed by atoms with Crippen LogP contribution in [0, 0.1) is 0 Å². The number of nitrogens with zero attached hydrogens (tertiary/aromatic N) is 1. The van der Waals surface area contributed by atoms with E-state index in [0.29, 0.717) is 5.56 Å². The second-order valence-corrected chi connectivity index (χ2v) is 5.50. The summed E-state index contributed by atoms with van der Waals surface area (Å²) in [5.41, 5.74) is 2.76. The van der Waals surface area contributed by atoms with Gasteiger partial charge in [0.1, 0.15) is 12.2 Å². The average Bonchev–Trinajstić information content (AvgIpc) is 3.11. The van der Waals surface area contributed by atoms with Crippen LogP contribution < -0.4 is 0 Å². The van der Waals surface area contributed by atoms with Crippen LogP contribution in [-0.4, -0.2) is 28.9 Å². The number of aliphatic carboxylic acids is 1. The molecular formula is C17H17NO4. The second-order valence-electron chi connectivity index (χ2n) is 5.50. The van der Waals surface area contributed by atoms with E-state index < -0.39 is 5.97 Å². The molecule has 0 saturated carbocycles. The number of carboxylic acid groups (broad SMARTS) is 1. The zero-order valence-electron chi connectivity index (χ0n) is 12.3. The SMILES string of the molecule is CN(C(=O)c1ccoc1CC(=O)O)C1CCc2ccccc21. The Kier molecular flexibility index (Phi) is 3.71. The Balaban J connectivity index is 1.84. The van der Waals surface area contributed by atoms with Gasteiger partial charge in [0, 0.05) is 7.05 Å². The lowest BCUT2D eigenvalue weighted by atomic mass is 10.1. The summed E-state index contributed by atoms with van der Waals surface area (Å²) in [5, 5.41) is 8.89. The van der Waals surface area contributed by atoms with Gasteiger partial charge in [0.05, 0.1) is 17.9 Å². The number of hydrogen-bond donors (Lipinski definition) is 1. The predicted molar refractivity (Wildman–Crippen MR) is 79.6 cm³/mol. The van der Waals surface area contributed by atoms with E-state index in [1.165, 1.54) is 23.5 Å². The molecule has 1 aromatic carbocycles. The fourth-order valence-corrected chi connectivity index (χ4v) is 3.07. The summed E-state index contributed by atoms with van der Waals surface area (Å²) in [6.45, 7) is 0. The molecule has 5 heteroatoms. The van der Waals surface area contributed by atoms with Crippen molar-refractivity contribution in [2.75, 3.05) is 7.05 Å². The summed E-state index contributed by atoms with van der Waals surface area (Å²) >= 11 is 0. The number of carboxylic acids is 1. The minimum Gasteiger partial charge on any atom is -0.481 e. The maximum Gasteiger partial charge on any atom is 0.311 e. The van der Waals surface area contributed by atoms with Crippen LogP contribution in [0.15, 0.2) is 41.0 Å². The van der Waals surface area contributed by atoms with Gasteiger partial charge in [-0.1, -0.05) is 24.3 Å². The van der Waals surface area contributed by atoms with Crippen LogP contribution in [0.4, 0.5) is 0 Å². The number of furan rings is 1. The van der Waals surface area contributed by atoms with Crippen molar-refractivity contribution in [2.45, 2.75) is 25.3 Å². The Labute approximate surface area is 128 Å². The zero-order valence-corrected chi connectivity index (χ0v) is 12.3. The summed E-state index contributed by atoms with van der Waals surface area (Å²) < 4.78 is 5.15. The summed E-state index contributed by atoms with van der Waals surface area (Å²) in [5.74, 6) is -1.01. The molecule has 1 atom stereocenters. The van der Waals surface area contributed by atoms with Gasteiger partial charge in [-0.05, 0) is 30.0 Å². The molecule has 22 heavy (non-hydrogen) atoms. The first-order valence-electron chi connectivity index (χ1n) is 7.21. The summed E-state index contributed by atoms with van der Waals surface area (Å²) in [4.78, 5) is 25.2. The molecule has 0 saturated heterocycles. The smallest absolute Gasteiger partial charge is 0.311 e. The molecule has 1 amide bonds. The molecule has 3 rings (SSSR count). The van der Waals surface area contributed by atoms with Crippen molar-refractivity contribution in [2.24, 2.45) is 0 Å². The van der Waals surface area contributed by atoms with Crippen molar-refractivity contribution >= 4 is 11.9 Å². The Bertz CT molecular complexity index is 719. The first kappa shape index (κ1) is 14.4. The first-order chi connectivity index (χ1) is 10.6. The molecule has 0 spiro atoms. The fourth-order valence-electron chi connectivity index (χ4n) is 3.07. The molecule has 0 radical (unpaired) electrons. The molecule has 1 aliphatic rings. The minimum absolute atomic E-state index is 0.0243. The highest BCUT2D eigenvalue weighted by Gasteiger charge is 2.30. The van der Waals surface area contributed by atoms with Crippen molar-refractivity contribution in [3.63, 3.8) is 0 Å². The molecule has 1 heterocycles. The van der Waals surface area contributed by atoms with Gasteiger partial charge in [0.2, 0.25) is 0 Å². The van der Waals surface area contributed by atoms with Gasteiger partial charge >= 0.3 is 5.97 Å². The summed E-state index contributed by atoms with van der Waals surface area (Å²) in [6.07, 6.45) is 2.91. The van der Waals surface area contributed by atoms with Crippen LogP contribution in [0.5, 0.6) is 0 Å². The van der Waals surface area contributed by atoms with E-state index in [0.717, 1.165) is 12.8 Å². The second kappa shape index (κ2) is 5.67. The lowest BCUT2D eigenvalue weighted by Gasteiger charge is -2.25. The standard InChI is InChI=1S/C17H17NO4/c1-18(14-7-6-11-4-2-3-5-12(11)14)17(21)13-8-9-22-15(13)10-16(19)20/h2-5,8-9,14H,6-7,10H2,1H3,(H,19,20). The van der Waals surface area contributed by atoms with E-state index in [1.54, 1.807) is 11.9 Å². The number of amides is 1. The summed E-state index contributed by atoms with van der Waals surface area (Å²) in [7, 11) is 1.76. The fraction of sp³-hybridized carbons (Fsp3) is 0.294. The van der Waals surface area contributed by atoms with Gasteiger partial charge in [0.15, 0.2) is 0 Å². The first-order valence-corrected chi connectivity index (χ1v) is 7.21. The highest BCUT2D eigenvalue weighted by atomic mass is 16.4. The Morgan fingerprint density at radius 1 is 1.32 bits per heavy atom. The topological polar surface area (TPSA) is 70.8 Å². The molecule has 1 aliphatic carbocycles. The van der Waals surface area contributed by atoms with Crippen molar-refractivity contribution < 1.29 is 19.1 Å². The molecule has 1 aromatic heterocycles. The van der Waals surface area contributed by atoms with Gasteiger partial charge in [-0.15, -0.1) is 0 Å². The van der Waals surface area contributed by atoms with Gasteiger partial charge in [-0.25, -0.2) is 0 Å². The molecule has 0 bridgehead atoms. The quantitative estimate of drug-likeness (QED) is 0.942. The largest absolute Gasteiger partial charge is 0.481 e. The maximum absolute atomic E-state index is 12.7. The van der Waals surface area contributed by atoms with E-state index in [2.05, 4.69) is 6.07 Å². The Morgan fingerprint density at radius 2 is 2.09 bits per heavy atom. The van der Waals surface area contributed by atoms with Crippen molar-refractivity contribution in [3.8, 4) is 0 Å². The number of aryl methyl sites for hydroxylation is 1. The summed E-state index contributed by atoms with van der Waals surface area (Å²) in [6, 6.07) is 9.67. The van der Waals surface area contributed by atoms with Gasteiger partial charge in [-0.3, -0.25) is 9.59 Å². The minimum atomic E-state index is -1.02. The Morgan fingerprint density at radius 3 is 2.86 bits per heavy atom. The molecule has 5 nitrogen and oxygen atoms in total. The number of fused-ring (bicyclic) bond motifs is 1. The van der Waals surface area contributed by atoms with E-state index in [4.69, 9.17) is 9.52 Å². The third-order valence-electron chi connectivity index (χ3n) is 4.18. The molecular weight excluding hydrogens is 282 g/mol. The number of benzene rings is 1. The van der Waals surface area contributed by atoms with Gasteiger partial charge in [-0.2, -0.15) is 0 Å². The zero-order chi connectivity index (χ0) is 15.7. The van der Waals surface area contributed by atoms with Gasteiger partial charge in [0.25, 0.3) is 5.91 Å². The van der Waals surface area contributed by atoms with E-state index in [9.17, 15) is 9.59 Å². The van der Waals surface area contributed by atoms with Gasteiger partial charge < -0.3 is 14.4 Å². The monoisotopic (exact) mass is 299 g/mol. The number of rotatable bonds is 4.